The highest BCUT2D eigenvalue weighted by atomic mass is 32.2. The number of carbonyl (C=O) groups excluding carboxylic acids is 1. The van der Waals surface area contributed by atoms with Crippen LogP contribution in [0.4, 0.5) is 32.4 Å². The van der Waals surface area contributed by atoms with Crippen LogP contribution < -0.4 is 4.90 Å². The maximum absolute atomic E-state index is 14.4. The van der Waals surface area contributed by atoms with Crippen molar-refractivity contribution in [2.75, 3.05) is 31.1 Å². The van der Waals surface area contributed by atoms with Gasteiger partial charge in [-0.2, -0.15) is 9.40 Å². The number of aromatic nitrogens is 2. The number of ether oxygens (including phenoxy) is 1. The van der Waals surface area contributed by atoms with Crippen molar-refractivity contribution in [1.82, 2.24) is 19.0 Å². The van der Waals surface area contributed by atoms with Gasteiger partial charge in [-0.15, -0.1) is 0 Å². The number of halogens is 5. The van der Waals surface area contributed by atoms with Crippen LogP contribution in [0.15, 0.2) is 41.6 Å². The molecule has 2 heterocycles. The number of amides is 1. The molecule has 0 bridgehead atoms. The van der Waals surface area contributed by atoms with Gasteiger partial charge in [-0.25, -0.2) is 39.8 Å². The lowest BCUT2D eigenvalue weighted by Gasteiger charge is -2.36. The van der Waals surface area contributed by atoms with Crippen LogP contribution in [0.3, 0.4) is 0 Å². The van der Waals surface area contributed by atoms with Gasteiger partial charge in [0.2, 0.25) is 15.8 Å². The van der Waals surface area contributed by atoms with E-state index in [2.05, 4.69) is 10.00 Å². The maximum Gasteiger partial charge on any atom is 0.410 e. The van der Waals surface area contributed by atoms with Gasteiger partial charge in [-0.1, -0.05) is 0 Å². The van der Waals surface area contributed by atoms with Gasteiger partial charge in [0.25, 0.3) is 0 Å². The summed E-state index contributed by atoms with van der Waals surface area (Å²) in [6, 6.07) is 6.71. The number of rotatable bonds is 7. The molecule has 0 unspecified atom stereocenters. The Bertz CT molecular complexity index is 1600. The van der Waals surface area contributed by atoms with E-state index in [4.69, 9.17) is 4.74 Å². The summed E-state index contributed by atoms with van der Waals surface area (Å²) in [5.41, 5.74) is 1.34. The molecule has 1 aliphatic carbocycles. The van der Waals surface area contributed by atoms with Crippen LogP contribution >= 0.6 is 0 Å². The minimum absolute atomic E-state index is 0.349. The summed E-state index contributed by atoms with van der Waals surface area (Å²) in [5.74, 6) is -11.9. The zero-order valence-electron chi connectivity index (χ0n) is 23.7. The number of hydrogen-bond donors (Lipinski definition) is 0. The molecule has 3 aromatic rings. The molecule has 0 radical (unpaired) electrons. The average molecular weight is 628 g/mol. The number of sulfonamides is 1. The molecule has 1 amide bonds. The first kappa shape index (κ1) is 30.7. The molecular weight excluding hydrogens is 597 g/mol. The quantitative estimate of drug-likeness (QED) is 0.209. The Morgan fingerprint density at radius 3 is 1.98 bits per heavy atom. The molecule has 1 aromatic heterocycles. The van der Waals surface area contributed by atoms with Crippen LogP contribution in [0.25, 0.3) is 5.69 Å². The molecule has 0 atom stereocenters. The zero-order chi connectivity index (χ0) is 31.3. The van der Waals surface area contributed by atoms with Gasteiger partial charge < -0.3 is 14.5 Å². The lowest BCUT2D eigenvalue weighted by atomic mass is 10.2. The van der Waals surface area contributed by atoms with Gasteiger partial charge in [-0.3, -0.25) is 0 Å². The highest BCUT2D eigenvalue weighted by Gasteiger charge is 2.43. The van der Waals surface area contributed by atoms with Crippen LogP contribution in [0.1, 0.15) is 39.2 Å². The van der Waals surface area contributed by atoms with Crippen molar-refractivity contribution in [3.8, 4) is 5.69 Å². The molecule has 2 aliphatic rings. The summed E-state index contributed by atoms with van der Waals surface area (Å²) in [5, 5.41) is 4.26. The molecule has 1 saturated heterocycles. The summed E-state index contributed by atoms with van der Waals surface area (Å²) in [6.07, 6.45) is 3.29. The Balaban J connectivity index is 1.28. The highest BCUT2D eigenvalue weighted by Crippen LogP contribution is 2.37. The third kappa shape index (κ3) is 6.32. The third-order valence-electron chi connectivity index (χ3n) is 7.08. The smallest absolute Gasteiger partial charge is 0.410 e. The van der Waals surface area contributed by atoms with Crippen LogP contribution in [-0.2, 0) is 21.3 Å². The minimum Gasteiger partial charge on any atom is -0.444 e. The predicted octanol–water partition coefficient (Wildman–Crippen LogP) is 4.98. The number of anilines is 1. The fourth-order valence-electron chi connectivity index (χ4n) is 4.75. The van der Waals surface area contributed by atoms with Gasteiger partial charge in [0.1, 0.15) is 5.60 Å². The fraction of sp³-hybridized carbons (Fsp3) is 0.429. The van der Waals surface area contributed by atoms with Crippen LogP contribution in [0.5, 0.6) is 0 Å². The third-order valence-corrected chi connectivity index (χ3v) is 8.99. The lowest BCUT2D eigenvalue weighted by molar-refractivity contribution is 0.0240. The second-order valence-electron chi connectivity index (χ2n) is 11.4. The lowest BCUT2D eigenvalue weighted by Crippen LogP contribution is -2.50. The second kappa shape index (κ2) is 11.4. The van der Waals surface area contributed by atoms with E-state index in [-0.39, 0.29) is 12.6 Å². The second-order valence-corrected chi connectivity index (χ2v) is 13.3. The van der Waals surface area contributed by atoms with Crippen molar-refractivity contribution in [1.29, 1.82) is 0 Å². The molecule has 43 heavy (non-hydrogen) atoms. The van der Waals surface area contributed by atoms with E-state index in [0.717, 1.165) is 9.99 Å². The van der Waals surface area contributed by atoms with E-state index >= 15 is 0 Å². The summed E-state index contributed by atoms with van der Waals surface area (Å²) < 4.78 is 104. The molecule has 1 saturated carbocycles. The Morgan fingerprint density at radius 1 is 0.907 bits per heavy atom. The van der Waals surface area contributed by atoms with Crippen molar-refractivity contribution in [3.63, 3.8) is 0 Å². The summed E-state index contributed by atoms with van der Waals surface area (Å²) >= 11 is 0. The van der Waals surface area contributed by atoms with E-state index in [1.807, 2.05) is 32.9 Å². The van der Waals surface area contributed by atoms with Gasteiger partial charge in [0, 0.05) is 56.2 Å². The van der Waals surface area contributed by atoms with Crippen LogP contribution in [-0.4, -0.2) is 71.3 Å². The van der Waals surface area contributed by atoms with E-state index in [1.165, 1.54) is 17.1 Å². The minimum atomic E-state index is -5.09. The van der Waals surface area contributed by atoms with Crippen molar-refractivity contribution in [3.05, 3.63) is 71.3 Å². The topological polar surface area (TPSA) is 88.0 Å². The molecule has 1 aliphatic heterocycles. The Morgan fingerprint density at radius 2 is 1.44 bits per heavy atom. The normalized spacial score (nSPS) is 16.2. The highest BCUT2D eigenvalue weighted by molar-refractivity contribution is 7.89. The van der Waals surface area contributed by atoms with Crippen molar-refractivity contribution < 1.29 is 39.9 Å². The van der Waals surface area contributed by atoms with Gasteiger partial charge >= 0.3 is 6.09 Å². The molecule has 5 rings (SSSR count). The van der Waals surface area contributed by atoms with Gasteiger partial charge in [0.15, 0.2) is 28.2 Å². The fourth-order valence-corrected chi connectivity index (χ4v) is 6.54. The van der Waals surface area contributed by atoms with Crippen molar-refractivity contribution in [2.24, 2.45) is 0 Å². The number of nitrogens with zero attached hydrogens (tertiary/aromatic N) is 5. The molecule has 0 spiro atoms. The molecule has 232 valence electrons. The van der Waals surface area contributed by atoms with Crippen LogP contribution in [0.2, 0.25) is 0 Å². The zero-order valence-corrected chi connectivity index (χ0v) is 24.5. The largest absolute Gasteiger partial charge is 0.444 e. The number of benzene rings is 2. The first-order valence-electron chi connectivity index (χ1n) is 13.6. The van der Waals surface area contributed by atoms with E-state index in [0.29, 0.717) is 50.3 Å². The first-order chi connectivity index (χ1) is 20.2. The van der Waals surface area contributed by atoms with E-state index < -0.39 is 55.6 Å². The predicted molar refractivity (Wildman–Crippen MR) is 146 cm³/mol. The monoisotopic (exact) mass is 627 g/mol. The molecule has 9 nitrogen and oxygen atoms in total. The number of hydrogen-bond acceptors (Lipinski definition) is 6. The Hall–Kier alpha value is -3.72. The number of carbonyl (C=O) groups is 1. The maximum atomic E-state index is 14.4. The molecule has 0 N–H and O–H groups in total. The molecule has 2 fully saturated rings. The number of piperazine rings is 1. The Kier molecular flexibility index (Phi) is 8.15. The summed E-state index contributed by atoms with van der Waals surface area (Å²) in [6.45, 7) is 7.30. The standard InChI is InChI=1S/C28H30F5N5O4S/c1-28(2,3)42-27(39)36-12-10-35(11-13-36)18-4-6-19(7-5-18)37-15-17(14-34-37)16-38(20-8-9-20)43(40,41)26-24(32)22(30)21(29)23(31)25(26)33/h4-7,14-15,20H,8-13,16H2,1-3H3. The Labute approximate surface area is 245 Å². The SMILES string of the molecule is CC(C)(C)OC(=O)N1CCN(c2ccc(-n3cc(CN(C4CC4)S(=O)(=O)c4c(F)c(F)c(F)c(F)c4F)cn3)cc2)CC1. The summed E-state index contributed by atoms with van der Waals surface area (Å²) in [4.78, 5) is 14.2. The van der Waals surface area contributed by atoms with Crippen LogP contribution in [0, 0.1) is 29.1 Å². The van der Waals surface area contributed by atoms with Crippen molar-refractivity contribution in [2.45, 2.75) is 56.7 Å². The average Bonchev–Trinajstić information content (AvgIpc) is 3.69. The van der Waals surface area contributed by atoms with E-state index in [1.54, 1.807) is 17.0 Å². The molecule has 2 aromatic carbocycles. The van der Waals surface area contributed by atoms with E-state index in [9.17, 15) is 35.2 Å². The molecular formula is C28H30F5N5O4S. The van der Waals surface area contributed by atoms with Gasteiger partial charge in [0.05, 0.1) is 11.9 Å². The first-order valence-corrected chi connectivity index (χ1v) is 15.0. The summed E-state index contributed by atoms with van der Waals surface area (Å²) in [7, 11) is -5.09. The molecule has 15 heteroatoms. The van der Waals surface area contributed by atoms with Crippen molar-refractivity contribution >= 4 is 21.8 Å². The van der Waals surface area contributed by atoms with Gasteiger partial charge in [-0.05, 0) is 57.9 Å².